The standard InChI is InChI=1S/C19H19N3O3/c1-2-25-15-10-8-13(9-11-15)16-12-17(23)21-19(20-16)22-18(24)14-6-4-3-5-7-14/h3-11,16H,2,12H2,1H3,(H2,20,21,22,23,24). The van der Waals surface area contributed by atoms with Gasteiger partial charge in [0.15, 0.2) is 0 Å². The highest BCUT2D eigenvalue weighted by Gasteiger charge is 2.23. The molecule has 0 spiro atoms. The van der Waals surface area contributed by atoms with Crippen LogP contribution < -0.4 is 15.4 Å². The Balaban J connectivity index is 1.75. The van der Waals surface area contributed by atoms with Gasteiger partial charge in [-0.25, -0.2) is 4.99 Å². The van der Waals surface area contributed by atoms with Crippen molar-refractivity contribution < 1.29 is 14.3 Å². The van der Waals surface area contributed by atoms with Crippen LogP contribution in [0.1, 0.15) is 35.3 Å². The summed E-state index contributed by atoms with van der Waals surface area (Å²) in [6.07, 6.45) is 0.235. The van der Waals surface area contributed by atoms with E-state index in [0.717, 1.165) is 11.3 Å². The highest BCUT2D eigenvalue weighted by molar-refractivity contribution is 6.10. The van der Waals surface area contributed by atoms with Gasteiger partial charge in [-0.2, -0.15) is 0 Å². The molecule has 0 aliphatic carbocycles. The molecule has 25 heavy (non-hydrogen) atoms. The van der Waals surface area contributed by atoms with Crippen molar-refractivity contribution in [3.05, 3.63) is 65.7 Å². The summed E-state index contributed by atoms with van der Waals surface area (Å²) < 4.78 is 5.42. The molecule has 2 N–H and O–H groups in total. The van der Waals surface area contributed by atoms with Crippen molar-refractivity contribution in [2.75, 3.05) is 6.61 Å². The average molecular weight is 337 g/mol. The largest absolute Gasteiger partial charge is 0.494 e. The number of rotatable bonds is 4. The van der Waals surface area contributed by atoms with Gasteiger partial charge >= 0.3 is 0 Å². The molecule has 0 radical (unpaired) electrons. The van der Waals surface area contributed by atoms with Gasteiger partial charge in [-0.1, -0.05) is 30.3 Å². The lowest BCUT2D eigenvalue weighted by atomic mass is 10.0. The van der Waals surface area contributed by atoms with Crippen molar-refractivity contribution in [1.29, 1.82) is 0 Å². The highest BCUT2D eigenvalue weighted by atomic mass is 16.5. The smallest absolute Gasteiger partial charge is 0.257 e. The van der Waals surface area contributed by atoms with Crippen LogP contribution in [0.2, 0.25) is 0 Å². The van der Waals surface area contributed by atoms with Gasteiger partial charge in [0, 0.05) is 5.56 Å². The molecule has 1 atom stereocenters. The lowest BCUT2D eigenvalue weighted by molar-refractivity contribution is -0.120. The second kappa shape index (κ2) is 7.61. The normalized spacial score (nSPS) is 16.6. The molecule has 2 aromatic carbocycles. The van der Waals surface area contributed by atoms with Crippen LogP contribution in [-0.2, 0) is 4.79 Å². The number of guanidine groups is 1. The predicted octanol–water partition coefficient (Wildman–Crippen LogP) is 2.43. The van der Waals surface area contributed by atoms with Crippen LogP contribution in [0.4, 0.5) is 0 Å². The van der Waals surface area contributed by atoms with Crippen molar-refractivity contribution in [3.63, 3.8) is 0 Å². The summed E-state index contributed by atoms with van der Waals surface area (Å²) in [6, 6.07) is 15.9. The van der Waals surface area contributed by atoms with E-state index in [0.29, 0.717) is 12.2 Å². The maximum atomic E-state index is 12.2. The zero-order valence-corrected chi connectivity index (χ0v) is 13.9. The maximum absolute atomic E-state index is 12.2. The highest BCUT2D eigenvalue weighted by Crippen LogP contribution is 2.25. The third-order valence-electron chi connectivity index (χ3n) is 3.77. The number of carbonyl (C=O) groups excluding carboxylic acids is 2. The minimum atomic E-state index is -0.338. The molecule has 2 amide bonds. The molecule has 3 rings (SSSR count). The van der Waals surface area contributed by atoms with Crippen LogP contribution in [0.15, 0.2) is 59.6 Å². The first-order chi connectivity index (χ1) is 12.2. The van der Waals surface area contributed by atoms with Gasteiger partial charge in [0.25, 0.3) is 5.91 Å². The van der Waals surface area contributed by atoms with Gasteiger partial charge in [0.1, 0.15) is 5.75 Å². The molecule has 0 saturated heterocycles. The molecular formula is C19H19N3O3. The topological polar surface area (TPSA) is 79.8 Å². The summed E-state index contributed by atoms with van der Waals surface area (Å²) in [6.45, 7) is 2.52. The minimum absolute atomic E-state index is 0.170. The van der Waals surface area contributed by atoms with E-state index < -0.39 is 0 Å². The number of ether oxygens (including phenoxy) is 1. The number of carbonyl (C=O) groups is 2. The molecule has 2 aromatic rings. The Hall–Kier alpha value is -3.15. The van der Waals surface area contributed by atoms with Crippen LogP contribution >= 0.6 is 0 Å². The van der Waals surface area contributed by atoms with Gasteiger partial charge in [0.2, 0.25) is 11.9 Å². The van der Waals surface area contributed by atoms with Crippen LogP contribution in [-0.4, -0.2) is 24.4 Å². The number of nitrogens with zero attached hydrogens (tertiary/aromatic N) is 1. The van der Waals surface area contributed by atoms with E-state index in [1.807, 2.05) is 37.3 Å². The minimum Gasteiger partial charge on any atom is -0.494 e. The maximum Gasteiger partial charge on any atom is 0.257 e. The van der Waals surface area contributed by atoms with Crippen LogP contribution in [0.3, 0.4) is 0 Å². The molecule has 1 aliphatic rings. The quantitative estimate of drug-likeness (QED) is 0.899. The Morgan fingerprint density at radius 1 is 1.20 bits per heavy atom. The third-order valence-corrected chi connectivity index (χ3v) is 3.77. The fourth-order valence-electron chi connectivity index (χ4n) is 2.57. The molecule has 1 heterocycles. The zero-order valence-electron chi connectivity index (χ0n) is 13.9. The fourth-order valence-corrected chi connectivity index (χ4v) is 2.57. The van der Waals surface area contributed by atoms with E-state index >= 15 is 0 Å². The van der Waals surface area contributed by atoms with Gasteiger partial charge in [-0.15, -0.1) is 0 Å². The second-order valence-electron chi connectivity index (χ2n) is 5.57. The number of hydrogen-bond acceptors (Lipinski definition) is 4. The lowest BCUT2D eigenvalue weighted by Crippen LogP contribution is -2.46. The molecule has 0 aromatic heterocycles. The molecule has 1 aliphatic heterocycles. The van der Waals surface area contributed by atoms with Crippen molar-refractivity contribution in [2.45, 2.75) is 19.4 Å². The molecule has 6 heteroatoms. The second-order valence-corrected chi connectivity index (χ2v) is 5.57. The summed E-state index contributed by atoms with van der Waals surface area (Å²) in [5, 5.41) is 5.25. The summed E-state index contributed by atoms with van der Waals surface area (Å²) in [4.78, 5) is 28.7. The Morgan fingerprint density at radius 3 is 2.60 bits per heavy atom. The van der Waals surface area contributed by atoms with Crippen molar-refractivity contribution in [3.8, 4) is 5.75 Å². The lowest BCUT2D eigenvalue weighted by Gasteiger charge is -2.21. The average Bonchev–Trinajstić information content (AvgIpc) is 2.63. The molecule has 0 saturated carbocycles. The van der Waals surface area contributed by atoms with E-state index in [9.17, 15) is 9.59 Å². The number of nitrogens with one attached hydrogen (secondary N) is 2. The summed E-state index contributed by atoms with van der Waals surface area (Å²) >= 11 is 0. The summed E-state index contributed by atoms with van der Waals surface area (Å²) in [7, 11) is 0. The SMILES string of the molecule is CCOc1ccc(C2CC(=O)NC(NC(=O)c3ccccc3)=N2)cc1. The summed E-state index contributed by atoms with van der Waals surface area (Å²) in [5.74, 6) is 0.446. The summed E-state index contributed by atoms with van der Waals surface area (Å²) in [5.41, 5.74) is 1.40. The first-order valence-corrected chi connectivity index (χ1v) is 8.12. The van der Waals surface area contributed by atoms with E-state index in [2.05, 4.69) is 15.6 Å². The Morgan fingerprint density at radius 2 is 1.92 bits per heavy atom. The molecule has 6 nitrogen and oxygen atoms in total. The van der Waals surface area contributed by atoms with Crippen LogP contribution in [0, 0.1) is 0 Å². The van der Waals surface area contributed by atoms with Gasteiger partial charge in [0.05, 0.1) is 19.1 Å². The van der Waals surface area contributed by atoms with E-state index in [1.165, 1.54) is 0 Å². The third kappa shape index (κ3) is 4.23. The predicted molar refractivity (Wildman–Crippen MR) is 94.5 cm³/mol. The number of benzene rings is 2. The molecule has 0 fully saturated rings. The van der Waals surface area contributed by atoms with Crippen molar-refractivity contribution >= 4 is 17.8 Å². The number of hydrogen-bond donors (Lipinski definition) is 2. The molecule has 0 bridgehead atoms. The van der Waals surface area contributed by atoms with Crippen molar-refractivity contribution in [2.24, 2.45) is 4.99 Å². The van der Waals surface area contributed by atoms with Gasteiger partial charge < -0.3 is 4.74 Å². The van der Waals surface area contributed by atoms with E-state index in [4.69, 9.17) is 4.74 Å². The fraction of sp³-hybridized carbons (Fsp3) is 0.211. The van der Waals surface area contributed by atoms with E-state index in [-0.39, 0.29) is 30.2 Å². The Labute approximate surface area is 145 Å². The Kier molecular flexibility index (Phi) is 5.09. The Bertz CT molecular complexity index is 785. The van der Waals surface area contributed by atoms with Crippen LogP contribution in [0.5, 0.6) is 5.75 Å². The van der Waals surface area contributed by atoms with Crippen molar-refractivity contribution in [1.82, 2.24) is 10.6 Å². The molecule has 1 unspecified atom stereocenters. The number of amides is 2. The monoisotopic (exact) mass is 337 g/mol. The molecule has 128 valence electrons. The van der Waals surface area contributed by atoms with E-state index in [1.54, 1.807) is 24.3 Å². The van der Waals surface area contributed by atoms with Crippen LogP contribution in [0.25, 0.3) is 0 Å². The number of aliphatic imine (C=N–C) groups is 1. The van der Waals surface area contributed by atoms with Gasteiger partial charge in [-0.05, 0) is 36.8 Å². The first-order valence-electron chi connectivity index (χ1n) is 8.12. The zero-order chi connectivity index (χ0) is 17.6. The van der Waals surface area contributed by atoms with Gasteiger partial charge in [-0.3, -0.25) is 20.2 Å². The first kappa shape index (κ1) is 16.7. The molecular weight excluding hydrogens is 318 g/mol.